The van der Waals surface area contributed by atoms with Crippen molar-refractivity contribution in [2.45, 2.75) is 0 Å². The zero-order valence-corrected chi connectivity index (χ0v) is 18.3. The van der Waals surface area contributed by atoms with Crippen LogP contribution in [-0.2, 0) is 0 Å². The number of fused-ring (bicyclic) bond motifs is 1. The van der Waals surface area contributed by atoms with Gasteiger partial charge in [-0.05, 0) is 35.4 Å². The predicted octanol–water partition coefficient (Wildman–Crippen LogP) is 6.24. The van der Waals surface area contributed by atoms with Gasteiger partial charge < -0.3 is 4.98 Å². The molecule has 5 aromatic rings. The van der Waals surface area contributed by atoms with Crippen molar-refractivity contribution >= 4 is 34.5 Å². The van der Waals surface area contributed by atoms with Crippen LogP contribution in [0.5, 0.6) is 0 Å². The van der Waals surface area contributed by atoms with Crippen molar-refractivity contribution in [2.24, 2.45) is 0 Å². The van der Waals surface area contributed by atoms with Crippen LogP contribution in [0.25, 0.3) is 39.3 Å². The van der Waals surface area contributed by atoms with E-state index in [1.54, 1.807) is 24.3 Å². The van der Waals surface area contributed by atoms with E-state index in [1.165, 1.54) is 22.7 Å². The molecule has 0 atom stereocenters. The van der Waals surface area contributed by atoms with E-state index in [0.29, 0.717) is 38.2 Å². The number of rotatable bonds is 4. The number of hydrogen-bond donors (Lipinski definition) is 1. The highest BCUT2D eigenvalue weighted by Crippen LogP contribution is 2.37. The monoisotopic (exact) mass is 476 g/mol. The molecule has 0 saturated carbocycles. The molecule has 0 radical (unpaired) electrons. The van der Waals surface area contributed by atoms with Gasteiger partial charge in [0.15, 0.2) is 0 Å². The van der Waals surface area contributed by atoms with Crippen LogP contribution < -0.4 is 5.56 Å². The molecule has 0 saturated heterocycles. The first-order valence-corrected chi connectivity index (χ1v) is 10.6. The van der Waals surface area contributed by atoms with Gasteiger partial charge in [-0.2, -0.15) is 9.61 Å². The molecule has 0 aliphatic rings. The average Bonchev–Trinajstić information content (AvgIpc) is 3.22. The molecule has 2 aromatic heterocycles. The summed E-state index contributed by atoms with van der Waals surface area (Å²) in [6.07, 6.45) is 0. The van der Waals surface area contributed by atoms with E-state index in [9.17, 15) is 14.9 Å². The molecule has 0 aliphatic carbocycles. The third-order valence-electron chi connectivity index (χ3n) is 5.26. The molecule has 0 spiro atoms. The molecule has 2 heterocycles. The summed E-state index contributed by atoms with van der Waals surface area (Å²) < 4.78 is 1.30. The van der Waals surface area contributed by atoms with Crippen LogP contribution in [0.4, 0.5) is 5.69 Å². The van der Waals surface area contributed by atoms with Crippen molar-refractivity contribution in [2.75, 3.05) is 0 Å². The highest BCUT2D eigenvalue weighted by Gasteiger charge is 2.20. The molecule has 5 rings (SSSR count). The maximum absolute atomic E-state index is 13.0. The van der Waals surface area contributed by atoms with Crippen molar-refractivity contribution in [3.05, 3.63) is 109 Å². The lowest BCUT2D eigenvalue weighted by molar-refractivity contribution is -0.384. The molecule has 33 heavy (non-hydrogen) atoms. The summed E-state index contributed by atoms with van der Waals surface area (Å²) in [5, 5.41) is 16.4. The lowest BCUT2D eigenvalue weighted by Crippen LogP contribution is -2.14. The zero-order chi connectivity index (χ0) is 23.1. The summed E-state index contributed by atoms with van der Waals surface area (Å²) in [5.74, 6) is 0. The standard InChI is InChI=1S/C24H14Cl2N4O3/c25-18-11-8-16(12-19(18)26)22-23(15-4-2-1-3-5-15)28-29-21(31)13-20(27-24(22)29)14-6-9-17(10-7-14)30(32)33/h1-13,27H. The van der Waals surface area contributed by atoms with Gasteiger partial charge in [0.25, 0.3) is 11.2 Å². The minimum atomic E-state index is -0.471. The van der Waals surface area contributed by atoms with Crippen LogP contribution in [-0.4, -0.2) is 19.5 Å². The summed E-state index contributed by atoms with van der Waals surface area (Å²) in [7, 11) is 0. The Balaban J connectivity index is 1.79. The van der Waals surface area contributed by atoms with Gasteiger partial charge in [0, 0.05) is 23.8 Å². The second-order valence-electron chi connectivity index (χ2n) is 7.30. The molecule has 162 valence electrons. The molecule has 7 nitrogen and oxygen atoms in total. The first-order valence-electron chi connectivity index (χ1n) is 9.84. The number of aromatic amines is 1. The fourth-order valence-electron chi connectivity index (χ4n) is 3.68. The van der Waals surface area contributed by atoms with Gasteiger partial charge in [-0.15, -0.1) is 0 Å². The number of non-ortho nitro benzene ring substituents is 1. The SMILES string of the molecule is O=c1cc(-c2ccc([N+](=O)[O-])cc2)[nH]c2c(-c3ccc(Cl)c(Cl)c3)c(-c3ccccc3)nn12. The Kier molecular flexibility index (Phi) is 5.20. The summed E-state index contributed by atoms with van der Waals surface area (Å²) in [6, 6.07) is 22.1. The smallest absolute Gasteiger partial charge is 0.274 e. The van der Waals surface area contributed by atoms with E-state index >= 15 is 0 Å². The summed E-state index contributed by atoms with van der Waals surface area (Å²) in [4.78, 5) is 26.8. The lowest BCUT2D eigenvalue weighted by Gasteiger charge is -2.07. The minimum Gasteiger partial charge on any atom is -0.339 e. The largest absolute Gasteiger partial charge is 0.339 e. The molecule has 0 aliphatic heterocycles. The predicted molar refractivity (Wildman–Crippen MR) is 129 cm³/mol. The molecule has 3 aromatic carbocycles. The quantitative estimate of drug-likeness (QED) is 0.245. The maximum Gasteiger partial charge on any atom is 0.274 e. The summed E-state index contributed by atoms with van der Waals surface area (Å²) in [5.41, 5.74) is 4.06. The molecule has 0 unspecified atom stereocenters. The number of H-pyrrole nitrogens is 1. The van der Waals surface area contributed by atoms with Crippen LogP contribution in [0, 0.1) is 10.1 Å². The summed E-state index contributed by atoms with van der Waals surface area (Å²) >= 11 is 12.4. The Morgan fingerprint density at radius 1 is 0.848 bits per heavy atom. The Bertz CT molecular complexity index is 1580. The van der Waals surface area contributed by atoms with E-state index in [-0.39, 0.29) is 11.2 Å². The Labute approximate surface area is 197 Å². The van der Waals surface area contributed by atoms with E-state index in [1.807, 2.05) is 36.4 Å². The van der Waals surface area contributed by atoms with Crippen LogP contribution in [0.2, 0.25) is 10.0 Å². The van der Waals surface area contributed by atoms with Gasteiger partial charge in [0.1, 0.15) is 11.3 Å². The van der Waals surface area contributed by atoms with E-state index < -0.39 is 4.92 Å². The minimum absolute atomic E-state index is 0.0330. The maximum atomic E-state index is 13.0. The molecule has 0 fully saturated rings. The molecule has 1 N–H and O–H groups in total. The summed E-state index contributed by atoms with van der Waals surface area (Å²) in [6.45, 7) is 0. The second kappa shape index (κ2) is 8.20. The van der Waals surface area contributed by atoms with Crippen LogP contribution >= 0.6 is 23.2 Å². The van der Waals surface area contributed by atoms with Gasteiger partial charge in [0.2, 0.25) is 0 Å². The number of aromatic nitrogens is 3. The normalized spacial score (nSPS) is 11.1. The fourth-order valence-corrected chi connectivity index (χ4v) is 3.98. The number of halogens is 2. The van der Waals surface area contributed by atoms with Crippen LogP contribution in [0.3, 0.4) is 0 Å². The number of nitro groups is 1. The fraction of sp³-hybridized carbons (Fsp3) is 0. The molecular weight excluding hydrogens is 463 g/mol. The van der Waals surface area contributed by atoms with E-state index in [0.717, 1.165) is 11.1 Å². The van der Waals surface area contributed by atoms with Crippen LogP contribution in [0.1, 0.15) is 0 Å². The first-order chi connectivity index (χ1) is 15.9. The van der Waals surface area contributed by atoms with Crippen molar-refractivity contribution in [1.82, 2.24) is 14.6 Å². The highest BCUT2D eigenvalue weighted by atomic mass is 35.5. The van der Waals surface area contributed by atoms with Crippen molar-refractivity contribution in [3.8, 4) is 33.6 Å². The van der Waals surface area contributed by atoms with Crippen molar-refractivity contribution < 1.29 is 4.92 Å². The number of hydrogen-bond acceptors (Lipinski definition) is 4. The third-order valence-corrected chi connectivity index (χ3v) is 6.00. The van der Waals surface area contributed by atoms with Gasteiger partial charge in [-0.25, -0.2) is 0 Å². The zero-order valence-electron chi connectivity index (χ0n) is 16.8. The number of nitrogens with zero attached hydrogens (tertiary/aromatic N) is 3. The topological polar surface area (TPSA) is 93.3 Å². The Morgan fingerprint density at radius 3 is 2.21 bits per heavy atom. The van der Waals surface area contributed by atoms with Crippen molar-refractivity contribution in [3.63, 3.8) is 0 Å². The Hall–Kier alpha value is -3.94. The molecule has 0 bridgehead atoms. The second-order valence-corrected chi connectivity index (χ2v) is 8.12. The average molecular weight is 477 g/mol. The molecule has 9 heteroatoms. The van der Waals surface area contributed by atoms with Gasteiger partial charge >= 0.3 is 0 Å². The number of nitrogens with one attached hydrogen (secondary N) is 1. The third kappa shape index (κ3) is 3.77. The molecule has 0 amide bonds. The van der Waals surface area contributed by atoms with Gasteiger partial charge in [-0.1, -0.05) is 59.6 Å². The lowest BCUT2D eigenvalue weighted by atomic mass is 10.0. The highest BCUT2D eigenvalue weighted by molar-refractivity contribution is 6.42. The van der Waals surface area contributed by atoms with Gasteiger partial charge in [0.05, 0.1) is 26.2 Å². The molecular formula is C24H14Cl2N4O3. The van der Waals surface area contributed by atoms with E-state index in [2.05, 4.69) is 10.1 Å². The van der Waals surface area contributed by atoms with Crippen LogP contribution in [0.15, 0.2) is 83.7 Å². The van der Waals surface area contributed by atoms with E-state index in [4.69, 9.17) is 23.2 Å². The number of nitro benzene ring substituents is 1. The van der Waals surface area contributed by atoms with Crippen molar-refractivity contribution in [1.29, 1.82) is 0 Å². The Morgan fingerprint density at radius 2 is 1.55 bits per heavy atom. The van der Waals surface area contributed by atoms with Gasteiger partial charge in [-0.3, -0.25) is 14.9 Å². The number of benzene rings is 3. The first kappa shape index (κ1) is 20.9.